The van der Waals surface area contributed by atoms with E-state index in [0.29, 0.717) is 24.1 Å². The molecule has 6 heteroatoms. The van der Waals surface area contributed by atoms with Crippen LogP contribution in [0.1, 0.15) is 22.7 Å². The van der Waals surface area contributed by atoms with E-state index in [0.717, 1.165) is 12.1 Å². The van der Waals surface area contributed by atoms with Crippen LogP contribution in [0.4, 0.5) is 13.2 Å². The first kappa shape index (κ1) is 11.9. The molecule has 0 aromatic heterocycles. The van der Waals surface area contributed by atoms with E-state index in [2.05, 4.69) is 5.32 Å². The van der Waals surface area contributed by atoms with Crippen molar-refractivity contribution >= 4 is 5.97 Å². The van der Waals surface area contributed by atoms with Gasteiger partial charge in [0.25, 0.3) is 0 Å². The van der Waals surface area contributed by atoms with Gasteiger partial charge in [0, 0.05) is 6.54 Å². The van der Waals surface area contributed by atoms with Crippen LogP contribution in [0, 0.1) is 0 Å². The number of benzene rings is 1. The van der Waals surface area contributed by atoms with Gasteiger partial charge < -0.3 is 10.4 Å². The number of rotatable bonds is 1. The summed E-state index contributed by atoms with van der Waals surface area (Å²) in [6.45, 7) is 0.366. The summed E-state index contributed by atoms with van der Waals surface area (Å²) < 4.78 is 37.4. The van der Waals surface area contributed by atoms with Gasteiger partial charge >= 0.3 is 12.1 Å². The molecular weight excluding hydrogens is 235 g/mol. The van der Waals surface area contributed by atoms with Crippen LogP contribution in [0.25, 0.3) is 0 Å². The third-order valence-electron chi connectivity index (χ3n) is 2.77. The van der Waals surface area contributed by atoms with Gasteiger partial charge in [-0.1, -0.05) is 6.07 Å². The summed E-state index contributed by atoms with van der Waals surface area (Å²) in [5, 5.41) is 11.7. The van der Waals surface area contributed by atoms with E-state index in [1.165, 1.54) is 6.07 Å². The lowest BCUT2D eigenvalue weighted by Gasteiger charge is -2.24. The molecule has 0 spiro atoms. The van der Waals surface area contributed by atoms with Crippen molar-refractivity contribution in [2.45, 2.75) is 18.6 Å². The molecule has 17 heavy (non-hydrogen) atoms. The fraction of sp³-hybridized carbons (Fsp3) is 0.364. The Morgan fingerprint density at radius 2 is 2.12 bits per heavy atom. The second-order valence-corrected chi connectivity index (χ2v) is 3.89. The molecule has 0 amide bonds. The minimum atomic E-state index is -4.39. The molecule has 0 radical (unpaired) electrons. The molecule has 2 N–H and O–H groups in total. The number of alkyl halides is 3. The Labute approximate surface area is 95.3 Å². The van der Waals surface area contributed by atoms with Crippen molar-refractivity contribution in [3.8, 4) is 0 Å². The van der Waals surface area contributed by atoms with Gasteiger partial charge in [-0.05, 0) is 29.7 Å². The van der Waals surface area contributed by atoms with Gasteiger partial charge in [-0.2, -0.15) is 13.2 Å². The van der Waals surface area contributed by atoms with Crippen molar-refractivity contribution in [1.82, 2.24) is 5.32 Å². The van der Waals surface area contributed by atoms with Crippen molar-refractivity contribution < 1.29 is 23.1 Å². The van der Waals surface area contributed by atoms with Crippen molar-refractivity contribution in [3.05, 3.63) is 34.9 Å². The lowest BCUT2D eigenvalue weighted by atomic mass is 9.92. The van der Waals surface area contributed by atoms with Gasteiger partial charge in [-0.3, -0.25) is 4.79 Å². The minimum absolute atomic E-state index is 0.366. The third kappa shape index (κ3) is 2.26. The minimum Gasteiger partial charge on any atom is -0.480 e. The topological polar surface area (TPSA) is 49.3 Å². The van der Waals surface area contributed by atoms with Crippen LogP contribution >= 0.6 is 0 Å². The van der Waals surface area contributed by atoms with Crippen LogP contribution < -0.4 is 5.32 Å². The van der Waals surface area contributed by atoms with Crippen LogP contribution in [0.15, 0.2) is 18.2 Å². The molecule has 1 atom stereocenters. The number of hydrogen-bond donors (Lipinski definition) is 2. The van der Waals surface area contributed by atoms with Crippen molar-refractivity contribution in [1.29, 1.82) is 0 Å². The zero-order valence-corrected chi connectivity index (χ0v) is 8.71. The monoisotopic (exact) mass is 245 g/mol. The number of carboxylic acids is 1. The molecule has 92 valence electrons. The van der Waals surface area contributed by atoms with Crippen LogP contribution in [0.3, 0.4) is 0 Å². The molecular formula is C11H10F3NO2. The van der Waals surface area contributed by atoms with E-state index in [9.17, 15) is 18.0 Å². The highest BCUT2D eigenvalue weighted by Gasteiger charge is 2.33. The maximum atomic E-state index is 12.5. The van der Waals surface area contributed by atoms with E-state index in [4.69, 9.17) is 5.11 Å². The molecule has 2 rings (SSSR count). The van der Waals surface area contributed by atoms with Crippen LogP contribution in [-0.4, -0.2) is 17.6 Å². The fourth-order valence-electron chi connectivity index (χ4n) is 1.96. The molecule has 1 aromatic rings. The number of halogens is 3. The predicted molar refractivity (Wildman–Crippen MR) is 53.5 cm³/mol. The van der Waals surface area contributed by atoms with E-state index < -0.39 is 23.8 Å². The molecule has 1 aliphatic rings. The molecule has 0 fully saturated rings. The zero-order chi connectivity index (χ0) is 12.6. The second-order valence-electron chi connectivity index (χ2n) is 3.89. The summed E-state index contributed by atoms with van der Waals surface area (Å²) in [4.78, 5) is 10.9. The average Bonchev–Trinajstić information content (AvgIpc) is 2.26. The highest BCUT2D eigenvalue weighted by atomic mass is 19.4. The van der Waals surface area contributed by atoms with Gasteiger partial charge in [-0.25, -0.2) is 0 Å². The number of nitrogens with one attached hydrogen (secondary N) is 1. The number of fused-ring (bicyclic) bond motifs is 1. The predicted octanol–water partition coefficient (Wildman–Crippen LogP) is 1.98. The summed E-state index contributed by atoms with van der Waals surface area (Å²) in [6, 6.07) is 2.28. The normalized spacial score (nSPS) is 19.8. The molecule has 1 unspecified atom stereocenters. The quantitative estimate of drug-likeness (QED) is 0.795. The summed E-state index contributed by atoms with van der Waals surface area (Å²) in [5.74, 6) is -1.08. The summed E-state index contributed by atoms with van der Waals surface area (Å²) >= 11 is 0. The standard InChI is InChI=1S/C11H10F3NO2/c12-11(13,14)7-1-2-8-6(5-7)3-4-15-9(8)10(16)17/h1-2,5,9,15H,3-4H2,(H,16,17). The van der Waals surface area contributed by atoms with E-state index >= 15 is 0 Å². The maximum absolute atomic E-state index is 12.5. The number of carboxylic acid groups (broad SMARTS) is 1. The highest BCUT2D eigenvalue weighted by Crippen LogP contribution is 2.33. The van der Waals surface area contributed by atoms with Gasteiger partial charge in [0.15, 0.2) is 0 Å². The Bertz CT molecular complexity index is 457. The molecule has 1 aromatic carbocycles. The van der Waals surface area contributed by atoms with Crippen molar-refractivity contribution in [3.63, 3.8) is 0 Å². The Balaban J connectivity index is 2.43. The van der Waals surface area contributed by atoms with Gasteiger partial charge in [0.2, 0.25) is 0 Å². The summed E-state index contributed by atoms with van der Waals surface area (Å²) in [7, 11) is 0. The Kier molecular flexibility index (Phi) is 2.82. The van der Waals surface area contributed by atoms with E-state index in [-0.39, 0.29) is 0 Å². The largest absolute Gasteiger partial charge is 0.480 e. The second kappa shape index (κ2) is 4.03. The Hall–Kier alpha value is -1.56. The first-order valence-corrected chi connectivity index (χ1v) is 5.06. The smallest absolute Gasteiger partial charge is 0.416 e. The molecule has 0 saturated carbocycles. The summed E-state index contributed by atoms with van der Waals surface area (Å²) in [6.07, 6.45) is -3.98. The Morgan fingerprint density at radius 3 is 2.71 bits per heavy atom. The van der Waals surface area contributed by atoms with E-state index in [1.54, 1.807) is 0 Å². The molecule has 0 bridgehead atoms. The van der Waals surface area contributed by atoms with Crippen LogP contribution in [0.2, 0.25) is 0 Å². The lowest BCUT2D eigenvalue weighted by molar-refractivity contribution is -0.139. The highest BCUT2D eigenvalue weighted by molar-refractivity contribution is 5.76. The molecule has 1 aliphatic heterocycles. The average molecular weight is 245 g/mol. The summed E-state index contributed by atoms with van der Waals surface area (Å²) in [5.41, 5.74) is 0.130. The first-order valence-electron chi connectivity index (χ1n) is 5.06. The third-order valence-corrected chi connectivity index (χ3v) is 2.77. The molecule has 0 saturated heterocycles. The number of aliphatic carboxylic acids is 1. The van der Waals surface area contributed by atoms with Crippen LogP contribution in [0.5, 0.6) is 0 Å². The van der Waals surface area contributed by atoms with Gasteiger partial charge in [0.05, 0.1) is 5.56 Å². The van der Waals surface area contributed by atoms with Crippen LogP contribution in [-0.2, 0) is 17.4 Å². The molecule has 3 nitrogen and oxygen atoms in total. The maximum Gasteiger partial charge on any atom is 0.416 e. The lowest BCUT2D eigenvalue weighted by Crippen LogP contribution is -2.35. The van der Waals surface area contributed by atoms with Gasteiger partial charge in [-0.15, -0.1) is 0 Å². The number of hydrogen-bond acceptors (Lipinski definition) is 2. The van der Waals surface area contributed by atoms with Crippen molar-refractivity contribution in [2.24, 2.45) is 0 Å². The SMILES string of the molecule is O=C(O)C1NCCc2cc(C(F)(F)F)ccc21. The van der Waals surface area contributed by atoms with Crippen molar-refractivity contribution in [2.75, 3.05) is 6.54 Å². The van der Waals surface area contributed by atoms with E-state index in [1.807, 2.05) is 0 Å². The first-order chi connectivity index (χ1) is 7.89. The number of carbonyl (C=O) groups is 1. The molecule has 1 heterocycles. The fourth-order valence-corrected chi connectivity index (χ4v) is 1.96. The molecule has 0 aliphatic carbocycles. The Morgan fingerprint density at radius 1 is 1.41 bits per heavy atom. The van der Waals surface area contributed by atoms with Gasteiger partial charge in [0.1, 0.15) is 6.04 Å². The zero-order valence-electron chi connectivity index (χ0n) is 8.71.